The lowest BCUT2D eigenvalue weighted by Gasteiger charge is -2.31. The number of allylic oxidation sites excluding steroid dienone is 6. The molecule has 0 saturated heterocycles. The highest BCUT2D eigenvalue weighted by molar-refractivity contribution is 6.02. The number of ether oxygens (including phenoxy) is 3. The Bertz CT molecular complexity index is 2990. The molecule has 0 bridgehead atoms. The molecule has 2 aliphatic heterocycles. The summed E-state index contributed by atoms with van der Waals surface area (Å²) in [5.74, 6) is 0.496. The molecule has 0 radical (unpaired) electrons. The Hall–Kier alpha value is -7.93. The quantitative estimate of drug-likeness (QED) is 0.0648. The van der Waals surface area contributed by atoms with Crippen LogP contribution in [-0.2, 0) is 42.9 Å². The average molecular weight is 1030 g/mol. The minimum absolute atomic E-state index is 0.0671. The molecule has 5 aromatic rings. The topological polar surface area (TPSA) is 128 Å². The molecule has 3 N–H and O–H groups in total. The fourth-order valence-electron chi connectivity index (χ4n) is 10.8. The van der Waals surface area contributed by atoms with Crippen LogP contribution in [0, 0.1) is 0 Å². The molecule has 5 aromatic carbocycles. The molecule has 1 atom stereocenters. The predicted octanol–water partition coefficient (Wildman–Crippen LogP) is 12.4. The van der Waals surface area contributed by atoms with E-state index >= 15 is 0 Å². The number of hydrogen-bond donors (Lipinski definition) is 3. The van der Waals surface area contributed by atoms with Gasteiger partial charge in [-0.2, -0.15) is 0 Å². The van der Waals surface area contributed by atoms with Crippen LogP contribution in [0.25, 0.3) is 0 Å². The molecule has 13 nitrogen and oxygen atoms in total. The number of fused-ring (bicyclic) bond motifs is 2. The number of amides is 3. The van der Waals surface area contributed by atoms with Gasteiger partial charge < -0.3 is 44.9 Å². The smallest absolute Gasteiger partial charge is 0.407 e. The van der Waals surface area contributed by atoms with Crippen molar-refractivity contribution >= 4 is 52.2 Å². The minimum Gasteiger partial charge on any atom is -0.493 e. The Morgan fingerprint density at radius 3 is 1.96 bits per heavy atom. The van der Waals surface area contributed by atoms with Gasteiger partial charge in [0.05, 0.1) is 19.3 Å². The average Bonchev–Trinajstić information content (AvgIpc) is 4.06. The first-order valence-corrected chi connectivity index (χ1v) is 26.6. The summed E-state index contributed by atoms with van der Waals surface area (Å²) < 4.78 is 17.7. The molecular formula is C63H75N7O6. The number of carbonyl (C=O) groups excluding carboxylic acids is 3. The van der Waals surface area contributed by atoms with Crippen LogP contribution >= 0.6 is 0 Å². The maximum Gasteiger partial charge on any atom is 0.407 e. The van der Waals surface area contributed by atoms with E-state index in [1.807, 2.05) is 98.8 Å². The molecule has 0 aromatic heterocycles. The van der Waals surface area contributed by atoms with Crippen molar-refractivity contribution in [3.8, 4) is 0 Å². The second-order valence-electron chi connectivity index (χ2n) is 20.7. The maximum absolute atomic E-state index is 13.6. The Kier molecular flexibility index (Phi) is 17.3. The van der Waals surface area contributed by atoms with Crippen LogP contribution in [0.2, 0.25) is 0 Å². The standard InChI is InChI=1S/C63H75N7O6/c1-10-68-54-22-14-12-20-52(54)62(3,4)56(68)36-26-46-24-25-47(27-37-57-63(5,6)53-21-13-15-23-55(53)69(57)11-2)59(46)74-38-17-39-75-60(72)65-41-44-18-16-19-45(40-44)42-66-61(73)76-43-58(71)70(50-30-28-48(64-7)29-31-50)51-34-32-49(33-35-51)67(8)9/h12-16,18-23,26-37,40,56,64H,10-11,17,24-25,38-39,41-43H2,1-9H3,(H,65,72)(H,66,73)/b36-26+,47-27+,57-37+. The van der Waals surface area contributed by atoms with E-state index in [4.69, 9.17) is 14.2 Å². The van der Waals surface area contributed by atoms with Crippen LogP contribution in [0.5, 0.6) is 0 Å². The van der Waals surface area contributed by atoms with Crippen molar-refractivity contribution in [3.63, 3.8) is 0 Å². The van der Waals surface area contributed by atoms with E-state index in [0.29, 0.717) is 24.4 Å². The van der Waals surface area contributed by atoms with Crippen LogP contribution < -0.4 is 35.6 Å². The van der Waals surface area contributed by atoms with Gasteiger partial charge in [0.15, 0.2) is 6.61 Å². The van der Waals surface area contributed by atoms with Crippen molar-refractivity contribution in [1.29, 1.82) is 0 Å². The molecule has 0 fully saturated rings. The summed E-state index contributed by atoms with van der Waals surface area (Å²) in [6.07, 6.45) is 10.2. The fourth-order valence-corrected chi connectivity index (χ4v) is 10.8. The Morgan fingerprint density at radius 2 is 1.32 bits per heavy atom. The van der Waals surface area contributed by atoms with Crippen molar-refractivity contribution < 1.29 is 28.6 Å². The summed E-state index contributed by atoms with van der Waals surface area (Å²) in [5, 5.41) is 8.68. The summed E-state index contributed by atoms with van der Waals surface area (Å²) in [4.78, 5) is 47.9. The molecule has 13 heteroatoms. The number of para-hydroxylation sites is 2. The van der Waals surface area contributed by atoms with Gasteiger partial charge in [0.1, 0.15) is 5.76 Å². The van der Waals surface area contributed by atoms with E-state index in [2.05, 4.69) is 140 Å². The predicted molar refractivity (Wildman–Crippen MR) is 308 cm³/mol. The second kappa shape index (κ2) is 24.2. The largest absolute Gasteiger partial charge is 0.493 e. The van der Waals surface area contributed by atoms with Gasteiger partial charge in [-0.05, 0) is 127 Å². The van der Waals surface area contributed by atoms with Gasteiger partial charge in [-0.25, -0.2) is 9.59 Å². The molecule has 0 spiro atoms. The lowest BCUT2D eigenvalue weighted by Crippen LogP contribution is -2.39. The van der Waals surface area contributed by atoms with Gasteiger partial charge >= 0.3 is 12.2 Å². The zero-order valence-corrected chi connectivity index (χ0v) is 45.7. The highest BCUT2D eigenvalue weighted by atomic mass is 16.6. The molecule has 1 unspecified atom stereocenters. The van der Waals surface area contributed by atoms with E-state index in [9.17, 15) is 14.4 Å². The lowest BCUT2D eigenvalue weighted by atomic mass is 9.80. The molecular weight excluding hydrogens is 951 g/mol. The SMILES string of the molecule is CCN1/C(=C/C=C2\CCC(/C=C/C3N(CC)c4ccccc4C3(C)C)=C2OCCCOC(=O)NCc2cccc(CNC(=O)OCC(=O)N(c3ccc(NC)cc3)c3ccc(N(C)C)cc3)c2)C(C)(C)c2ccccc21. The van der Waals surface area contributed by atoms with E-state index in [0.717, 1.165) is 59.8 Å². The first-order valence-electron chi connectivity index (χ1n) is 26.6. The number of benzene rings is 5. The lowest BCUT2D eigenvalue weighted by molar-refractivity contribution is -0.120. The summed E-state index contributed by atoms with van der Waals surface area (Å²) >= 11 is 0. The zero-order valence-electron chi connectivity index (χ0n) is 45.7. The third-order valence-electron chi connectivity index (χ3n) is 14.9. The summed E-state index contributed by atoms with van der Waals surface area (Å²) in [6, 6.07) is 40.1. The molecule has 2 heterocycles. The van der Waals surface area contributed by atoms with Crippen LogP contribution in [0.15, 0.2) is 168 Å². The highest BCUT2D eigenvalue weighted by Crippen LogP contribution is 2.48. The molecule has 8 rings (SSSR count). The van der Waals surface area contributed by atoms with Crippen molar-refractivity contribution in [3.05, 3.63) is 190 Å². The first kappa shape index (κ1) is 54.3. The van der Waals surface area contributed by atoms with Crippen molar-refractivity contribution in [2.24, 2.45) is 0 Å². The number of anilines is 6. The van der Waals surface area contributed by atoms with E-state index < -0.39 is 24.7 Å². The third kappa shape index (κ3) is 12.1. The van der Waals surface area contributed by atoms with Gasteiger partial charge in [-0.15, -0.1) is 0 Å². The maximum atomic E-state index is 13.6. The van der Waals surface area contributed by atoms with Crippen LogP contribution in [-0.4, -0.2) is 78.2 Å². The number of nitrogens with one attached hydrogen (secondary N) is 3. The number of carbonyl (C=O) groups is 3. The first-order chi connectivity index (χ1) is 36.6. The summed E-state index contributed by atoms with van der Waals surface area (Å²) in [6.45, 7) is 16.0. The second-order valence-corrected chi connectivity index (χ2v) is 20.7. The number of rotatable bonds is 20. The molecule has 398 valence electrons. The number of likely N-dealkylation sites (N-methyl/N-ethyl adjacent to an activating group) is 2. The zero-order chi connectivity index (χ0) is 54.0. The van der Waals surface area contributed by atoms with Crippen molar-refractivity contribution in [2.45, 2.75) is 90.8 Å². The number of alkyl carbamates (subject to hydrolysis) is 2. The van der Waals surface area contributed by atoms with Crippen molar-refractivity contribution in [2.75, 3.05) is 79.0 Å². The molecule has 3 amide bonds. The Labute approximate surface area is 449 Å². The molecule has 1 aliphatic carbocycles. The normalized spacial score (nSPS) is 17.2. The van der Waals surface area contributed by atoms with E-state index in [-0.39, 0.29) is 36.6 Å². The third-order valence-corrected chi connectivity index (χ3v) is 14.9. The molecule has 76 heavy (non-hydrogen) atoms. The van der Waals surface area contributed by atoms with E-state index in [1.54, 1.807) is 0 Å². The molecule has 0 saturated carbocycles. The Morgan fingerprint density at radius 1 is 0.697 bits per heavy atom. The van der Waals surface area contributed by atoms with Crippen LogP contribution in [0.4, 0.5) is 43.7 Å². The van der Waals surface area contributed by atoms with Gasteiger partial charge in [0.25, 0.3) is 5.91 Å². The Balaban J connectivity index is 0.843. The fraction of sp³-hybridized carbons (Fsp3) is 0.349. The minimum atomic E-state index is -0.732. The molecule has 3 aliphatic rings. The van der Waals surface area contributed by atoms with Gasteiger partial charge in [-0.3, -0.25) is 9.69 Å². The number of nitrogens with zero attached hydrogens (tertiary/aromatic N) is 4. The summed E-state index contributed by atoms with van der Waals surface area (Å²) in [5.41, 5.74) is 13.4. The van der Waals surface area contributed by atoms with Crippen molar-refractivity contribution in [1.82, 2.24) is 10.6 Å². The van der Waals surface area contributed by atoms with Crippen LogP contribution in [0.3, 0.4) is 0 Å². The highest BCUT2D eigenvalue weighted by Gasteiger charge is 2.43. The van der Waals surface area contributed by atoms with E-state index in [1.165, 1.54) is 38.7 Å². The van der Waals surface area contributed by atoms with Gasteiger partial charge in [0.2, 0.25) is 0 Å². The number of hydrogen-bond acceptors (Lipinski definition) is 10. The van der Waals surface area contributed by atoms with Gasteiger partial charge in [-0.1, -0.05) is 107 Å². The van der Waals surface area contributed by atoms with Crippen LogP contribution in [0.1, 0.15) is 83.1 Å². The monoisotopic (exact) mass is 1030 g/mol. The summed E-state index contributed by atoms with van der Waals surface area (Å²) in [7, 11) is 5.73. The van der Waals surface area contributed by atoms with Gasteiger partial charge in [0, 0.05) is 104 Å².